The number of urea groups is 1. The van der Waals surface area contributed by atoms with Gasteiger partial charge in [0.1, 0.15) is 5.69 Å². The number of aromatic amines is 1. The molecule has 1 aromatic carbocycles. The highest BCUT2D eigenvalue weighted by molar-refractivity contribution is 6.08. The quantitative estimate of drug-likeness (QED) is 0.594. The summed E-state index contributed by atoms with van der Waals surface area (Å²) < 4.78 is 0. The second kappa shape index (κ2) is 8.62. The van der Waals surface area contributed by atoms with Crippen LogP contribution in [0.5, 0.6) is 0 Å². The van der Waals surface area contributed by atoms with E-state index < -0.39 is 0 Å². The summed E-state index contributed by atoms with van der Waals surface area (Å²) in [5, 5.41) is 14.9. The van der Waals surface area contributed by atoms with Crippen LogP contribution in [-0.4, -0.2) is 71.2 Å². The Hall–Kier alpha value is -2.91. The Bertz CT molecular complexity index is 852. The highest BCUT2D eigenvalue weighted by atomic mass is 16.2. The van der Waals surface area contributed by atoms with Gasteiger partial charge in [-0.3, -0.25) is 14.8 Å². The van der Waals surface area contributed by atoms with Crippen molar-refractivity contribution in [1.82, 2.24) is 25.3 Å². The summed E-state index contributed by atoms with van der Waals surface area (Å²) in [5.41, 5.74) is 2.48. The van der Waals surface area contributed by atoms with Gasteiger partial charge in [0, 0.05) is 44.5 Å². The fourth-order valence-corrected chi connectivity index (χ4v) is 3.28. The summed E-state index contributed by atoms with van der Waals surface area (Å²) in [6.07, 6.45) is 3.43. The van der Waals surface area contributed by atoms with Crippen LogP contribution in [0.3, 0.4) is 0 Å². The molecule has 4 rings (SSSR count). The zero-order valence-electron chi connectivity index (χ0n) is 16.6. The number of aromatic nitrogens is 2. The molecule has 0 spiro atoms. The molecule has 1 aromatic heterocycles. The molecule has 1 aliphatic carbocycles. The molecule has 2 aliphatic rings. The average Bonchev–Trinajstić information content (AvgIpc) is 3.39. The van der Waals surface area contributed by atoms with Crippen LogP contribution in [-0.2, 0) is 6.54 Å². The first-order valence-corrected chi connectivity index (χ1v) is 9.99. The Morgan fingerprint density at radius 2 is 1.83 bits per heavy atom. The maximum atomic E-state index is 12.6. The van der Waals surface area contributed by atoms with Crippen molar-refractivity contribution in [3.05, 3.63) is 41.7 Å². The summed E-state index contributed by atoms with van der Waals surface area (Å²) in [4.78, 5) is 29.3. The Morgan fingerprint density at radius 1 is 1.10 bits per heavy atom. The topological polar surface area (TPSA) is 105 Å². The molecule has 0 unspecified atom stereocenters. The van der Waals surface area contributed by atoms with Gasteiger partial charge in [0.15, 0.2) is 0 Å². The van der Waals surface area contributed by atoms with Gasteiger partial charge in [-0.25, -0.2) is 4.79 Å². The molecule has 1 saturated heterocycles. The van der Waals surface area contributed by atoms with E-state index in [1.165, 1.54) is 11.8 Å². The van der Waals surface area contributed by atoms with Crippen molar-refractivity contribution in [3.63, 3.8) is 0 Å². The van der Waals surface area contributed by atoms with Crippen molar-refractivity contribution in [2.45, 2.75) is 25.4 Å². The van der Waals surface area contributed by atoms with Gasteiger partial charge in [-0.05, 0) is 37.6 Å². The number of hydrogen-bond acceptors (Lipinski definition) is 5. The summed E-state index contributed by atoms with van der Waals surface area (Å²) in [7, 11) is 2.15. The number of piperazine rings is 1. The number of carbonyl (C=O) groups is 2. The van der Waals surface area contributed by atoms with Gasteiger partial charge in [-0.15, -0.1) is 0 Å². The van der Waals surface area contributed by atoms with Crippen molar-refractivity contribution in [1.29, 1.82) is 0 Å². The van der Waals surface area contributed by atoms with Crippen LogP contribution in [0.1, 0.15) is 28.9 Å². The smallest absolute Gasteiger partial charge is 0.319 e. The van der Waals surface area contributed by atoms with Gasteiger partial charge in [0.05, 0.1) is 11.9 Å². The lowest BCUT2D eigenvalue weighted by molar-refractivity contribution is 0.102. The van der Waals surface area contributed by atoms with Gasteiger partial charge < -0.3 is 20.9 Å². The first-order valence-electron chi connectivity index (χ1n) is 9.99. The predicted octanol–water partition coefficient (Wildman–Crippen LogP) is 1.69. The number of H-pyrrole nitrogens is 1. The summed E-state index contributed by atoms with van der Waals surface area (Å²) in [6, 6.07) is 7.77. The molecule has 3 amide bonds. The van der Waals surface area contributed by atoms with Crippen LogP contribution >= 0.6 is 0 Å². The van der Waals surface area contributed by atoms with Gasteiger partial charge in [-0.2, -0.15) is 5.10 Å². The molecule has 4 N–H and O–H groups in total. The fraction of sp³-hybridized carbons (Fsp3) is 0.450. The van der Waals surface area contributed by atoms with E-state index in [4.69, 9.17) is 0 Å². The molecule has 9 heteroatoms. The Labute approximate surface area is 169 Å². The molecular formula is C20H27N7O2. The first-order chi connectivity index (χ1) is 14.1. The zero-order chi connectivity index (χ0) is 20.2. The maximum Gasteiger partial charge on any atom is 0.319 e. The first kappa shape index (κ1) is 19.4. The number of benzene rings is 1. The van der Waals surface area contributed by atoms with Gasteiger partial charge >= 0.3 is 6.03 Å². The third kappa shape index (κ3) is 5.33. The van der Waals surface area contributed by atoms with Crippen LogP contribution in [0.2, 0.25) is 0 Å². The standard InChI is InChI=1S/C20H27N7O2/c1-26-8-10-27(11-9-26)13-14-2-4-15(5-3-14)22-19(28)18-17(12-21-25-18)24-20(29)23-16-6-7-16/h2-5,12,16H,6-11,13H2,1H3,(H,21,25)(H,22,28)(H2,23,24,29). The summed E-state index contributed by atoms with van der Waals surface area (Å²) >= 11 is 0. The third-order valence-corrected chi connectivity index (χ3v) is 5.24. The van der Waals surface area contributed by atoms with Crippen molar-refractivity contribution in [3.8, 4) is 0 Å². The highest BCUT2D eigenvalue weighted by Gasteiger charge is 2.24. The van der Waals surface area contributed by atoms with E-state index in [1.54, 1.807) is 0 Å². The minimum absolute atomic E-state index is 0.220. The van der Waals surface area contributed by atoms with Crippen LogP contribution in [0.15, 0.2) is 30.5 Å². The lowest BCUT2D eigenvalue weighted by Gasteiger charge is -2.32. The second-order valence-electron chi connectivity index (χ2n) is 7.76. The average molecular weight is 397 g/mol. The summed E-state index contributed by atoms with van der Waals surface area (Å²) in [6.45, 7) is 5.23. The molecule has 0 atom stereocenters. The van der Waals surface area contributed by atoms with Crippen molar-refractivity contribution < 1.29 is 9.59 Å². The number of likely N-dealkylation sites (N-methyl/N-ethyl adjacent to an activating group) is 1. The van der Waals surface area contributed by atoms with E-state index in [1.807, 2.05) is 24.3 Å². The number of amides is 3. The fourth-order valence-electron chi connectivity index (χ4n) is 3.28. The van der Waals surface area contributed by atoms with E-state index in [9.17, 15) is 9.59 Å². The van der Waals surface area contributed by atoms with Gasteiger partial charge in [-0.1, -0.05) is 12.1 Å². The second-order valence-corrected chi connectivity index (χ2v) is 7.76. The van der Waals surface area contributed by atoms with E-state index in [0.717, 1.165) is 45.6 Å². The van der Waals surface area contributed by atoms with E-state index in [0.29, 0.717) is 11.4 Å². The normalized spacial score (nSPS) is 17.7. The molecule has 0 bridgehead atoms. The Morgan fingerprint density at radius 3 is 2.52 bits per heavy atom. The van der Waals surface area contributed by atoms with Crippen molar-refractivity contribution in [2.75, 3.05) is 43.9 Å². The number of nitrogens with one attached hydrogen (secondary N) is 4. The summed E-state index contributed by atoms with van der Waals surface area (Å²) in [5.74, 6) is -0.351. The molecule has 1 saturated carbocycles. The third-order valence-electron chi connectivity index (χ3n) is 5.24. The van der Waals surface area contributed by atoms with Gasteiger partial charge in [0.2, 0.25) is 0 Å². The number of hydrogen-bond donors (Lipinski definition) is 4. The highest BCUT2D eigenvalue weighted by Crippen LogP contribution is 2.20. The molecular weight excluding hydrogens is 370 g/mol. The minimum atomic E-state index is -0.351. The van der Waals surface area contributed by atoms with E-state index in [-0.39, 0.29) is 23.7 Å². The predicted molar refractivity (Wildman–Crippen MR) is 111 cm³/mol. The number of carbonyl (C=O) groups excluding carboxylic acids is 2. The van der Waals surface area contributed by atoms with Crippen LogP contribution in [0.25, 0.3) is 0 Å². The molecule has 1 aliphatic heterocycles. The molecule has 0 radical (unpaired) electrons. The van der Waals surface area contributed by atoms with Crippen molar-refractivity contribution in [2.24, 2.45) is 0 Å². The Balaban J connectivity index is 1.31. The molecule has 29 heavy (non-hydrogen) atoms. The minimum Gasteiger partial charge on any atom is -0.335 e. The molecule has 9 nitrogen and oxygen atoms in total. The molecule has 2 aromatic rings. The SMILES string of the molecule is CN1CCN(Cc2ccc(NC(=O)c3[nH]ncc3NC(=O)NC3CC3)cc2)CC1. The van der Waals surface area contributed by atoms with Gasteiger partial charge in [0.25, 0.3) is 5.91 Å². The molecule has 2 fully saturated rings. The van der Waals surface area contributed by atoms with E-state index in [2.05, 4.69) is 43.0 Å². The monoisotopic (exact) mass is 397 g/mol. The van der Waals surface area contributed by atoms with Crippen LogP contribution < -0.4 is 16.0 Å². The molecule has 2 heterocycles. The number of rotatable bonds is 6. The van der Waals surface area contributed by atoms with Crippen LogP contribution in [0, 0.1) is 0 Å². The van der Waals surface area contributed by atoms with Crippen LogP contribution in [0.4, 0.5) is 16.2 Å². The van der Waals surface area contributed by atoms with E-state index >= 15 is 0 Å². The lowest BCUT2D eigenvalue weighted by atomic mass is 10.1. The zero-order valence-corrected chi connectivity index (χ0v) is 16.6. The molecule has 154 valence electrons. The maximum absolute atomic E-state index is 12.6. The van der Waals surface area contributed by atoms with Crippen molar-refractivity contribution >= 4 is 23.3 Å². The Kier molecular flexibility index (Phi) is 5.77. The largest absolute Gasteiger partial charge is 0.335 e. The lowest BCUT2D eigenvalue weighted by Crippen LogP contribution is -2.43. The number of anilines is 2. The number of nitrogens with zero attached hydrogens (tertiary/aromatic N) is 3.